The van der Waals surface area contributed by atoms with Crippen molar-refractivity contribution in [3.8, 4) is 0 Å². The van der Waals surface area contributed by atoms with E-state index in [1.54, 1.807) is 24.4 Å². The van der Waals surface area contributed by atoms with Gasteiger partial charge in [0.05, 0.1) is 5.52 Å². The lowest BCUT2D eigenvalue weighted by Gasteiger charge is -2.21. The highest BCUT2D eigenvalue weighted by Gasteiger charge is 2.37. The van der Waals surface area contributed by atoms with E-state index in [9.17, 15) is 19.5 Å². The monoisotopic (exact) mass is 290 g/mol. The van der Waals surface area contributed by atoms with E-state index in [0.29, 0.717) is 5.52 Å². The summed E-state index contributed by atoms with van der Waals surface area (Å²) in [7, 11) is 0. The third-order valence-corrected chi connectivity index (χ3v) is 3.18. The maximum absolute atomic E-state index is 11.4. The van der Waals surface area contributed by atoms with Gasteiger partial charge in [0, 0.05) is 11.6 Å². The second-order valence-corrected chi connectivity index (χ2v) is 4.62. The van der Waals surface area contributed by atoms with E-state index in [1.807, 2.05) is 12.1 Å². The van der Waals surface area contributed by atoms with E-state index in [-0.39, 0.29) is 0 Å². The standard InChI is InChI=1S/C14H14N2O5/c1-8(17)11(13(18)19)12(14(20)21)15-16-7-6-9-4-2-3-5-10(9)16/h2-7,11-12,15H,1H3,(H,18,19)(H,20,21)/t11?,12-/m0/s1. The van der Waals surface area contributed by atoms with Crippen molar-refractivity contribution in [2.45, 2.75) is 13.0 Å². The maximum Gasteiger partial charge on any atom is 0.329 e. The van der Waals surface area contributed by atoms with Gasteiger partial charge in [0.2, 0.25) is 0 Å². The summed E-state index contributed by atoms with van der Waals surface area (Å²) in [5.41, 5.74) is 3.27. The number of carbonyl (C=O) groups excluding carboxylic acids is 1. The molecule has 1 aromatic carbocycles. The predicted octanol–water partition coefficient (Wildman–Crippen LogP) is 0.928. The van der Waals surface area contributed by atoms with Crippen molar-refractivity contribution in [1.82, 2.24) is 4.68 Å². The molecule has 1 heterocycles. The van der Waals surface area contributed by atoms with Crippen LogP contribution in [0.5, 0.6) is 0 Å². The molecule has 0 aliphatic rings. The van der Waals surface area contributed by atoms with Crippen molar-refractivity contribution in [2.24, 2.45) is 5.92 Å². The number of carboxylic acid groups (broad SMARTS) is 2. The van der Waals surface area contributed by atoms with Gasteiger partial charge in [-0.15, -0.1) is 0 Å². The molecule has 0 bridgehead atoms. The number of ketones is 1. The summed E-state index contributed by atoms with van der Waals surface area (Å²) < 4.78 is 1.41. The Hall–Kier alpha value is -2.83. The zero-order chi connectivity index (χ0) is 15.6. The molecule has 1 unspecified atom stereocenters. The molecule has 2 atom stereocenters. The summed E-state index contributed by atoms with van der Waals surface area (Å²) in [5, 5.41) is 19.2. The number of aromatic nitrogens is 1. The fourth-order valence-electron chi connectivity index (χ4n) is 2.17. The maximum atomic E-state index is 11.4. The van der Waals surface area contributed by atoms with Crippen LogP contribution in [0.15, 0.2) is 36.5 Å². The Morgan fingerprint density at radius 3 is 2.33 bits per heavy atom. The topological polar surface area (TPSA) is 109 Å². The molecule has 110 valence electrons. The molecule has 2 rings (SSSR count). The Morgan fingerprint density at radius 2 is 1.76 bits per heavy atom. The molecule has 0 saturated heterocycles. The third kappa shape index (κ3) is 2.86. The van der Waals surface area contributed by atoms with Gasteiger partial charge in [-0.25, -0.2) is 4.79 Å². The van der Waals surface area contributed by atoms with Crippen LogP contribution in [0.25, 0.3) is 10.9 Å². The third-order valence-electron chi connectivity index (χ3n) is 3.18. The number of carboxylic acids is 2. The molecule has 7 heteroatoms. The van der Waals surface area contributed by atoms with E-state index in [0.717, 1.165) is 12.3 Å². The van der Waals surface area contributed by atoms with Gasteiger partial charge < -0.3 is 15.6 Å². The largest absolute Gasteiger partial charge is 0.481 e. The number of carbonyl (C=O) groups is 3. The fourth-order valence-corrected chi connectivity index (χ4v) is 2.17. The number of Topliss-reactive ketones (excluding diaryl/α,β-unsaturated/α-hetero) is 1. The zero-order valence-corrected chi connectivity index (χ0v) is 11.2. The van der Waals surface area contributed by atoms with E-state index >= 15 is 0 Å². The van der Waals surface area contributed by atoms with Gasteiger partial charge in [-0.05, 0) is 19.1 Å². The van der Waals surface area contributed by atoms with E-state index < -0.39 is 29.7 Å². The van der Waals surface area contributed by atoms with Crippen LogP contribution in [0, 0.1) is 5.92 Å². The molecule has 2 aromatic rings. The highest BCUT2D eigenvalue weighted by atomic mass is 16.4. The average molecular weight is 290 g/mol. The van der Waals surface area contributed by atoms with Crippen molar-refractivity contribution in [2.75, 3.05) is 5.43 Å². The number of nitrogens with zero attached hydrogens (tertiary/aromatic N) is 1. The summed E-state index contributed by atoms with van der Waals surface area (Å²) in [5.74, 6) is -5.27. The lowest BCUT2D eigenvalue weighted by Crippen LogP contribution is -2.47. The molecule has 0 aliphatic heterocycles. The van der Waals surface area contributed by atoms with Crippen LogP contribution < -0.4 is 5.43 Å². The van der Waals surface area contributed by atoms with Crippen LogP contribution in [-0.2, 0) is 14.4 Å². The van der Waals surface area contributed by atoms with Crippen LogP contribution in [0.1, 0.15) is 6.92 Å². The molecular weight excluding hydrogens is 276 g/mol. The molecule has 0 saturated carbocycles. The first-order chi connectivity index (χ1) is 9.91. The molecule has 0 aliphatic carbocycles. The molecule has 7 nitrogen and oxygen atoms in total. The minimum Gasteiger partial charge on any atom is -0.481 e. The Bertz CT molecular complexity index is 692. The lowest BCUT2D eigenvalue weighted by molar-refractivity contribution is -0.153. The van der Waals surface area contributed by atoms with Crippen molar-refractivity contribution in [1.29, 1.82) is 0 Å². The van der Waals surface area contributed by atoms with Gasteiger partial charge in [0.1, 0.15) is 11.7 Å². The SMILES string of the molecule is CC(=O)C(C(=O)O)[C@H](Nn1ccc2ccccc21)C(=O)O. The number of nitrogens with one attached hydrogen (secondary N) is 1. The Kier molecular flexibility index (Phi) is 3.93. The number of aliphatic carboxylic acids is 2. The molecule has 0 fully saturated rings. The lowest BCUT2D eigenvalue weighted by atomic mass is 9.96. The van der Waals surface area contributed by atoms with Crippen molar-refractivity contribution < 1.29 is 24.6 Å². The van der Waals surface area contributed by atoms with Gasteiger partial charge in [0.25, 0.3) is 0 Å². The highest BCUT2D eigenvalue weighted by Crippen LogP contribution is 2.16. The normalized spacial score (nSPS) is 13.6. The average Bonchev–Trinajstić information content (AvgIpc) is 2.80. The molecule has 0 radical (unpaired) electrons. The highest BCUT2D eigenvalue weighted by molar-refractivity contribution is 6.02. The number of hydrogen-bond donors (Lipinski definition) is 3. The van der Waals surface area contributed by atoms with Gasteiger partial charge in [-0.2, -0.15) is 0 Å². The van der Waals surface area contributed by atoms with Gasteiger partial charge in [0.15, 0.2) is 6.04 Å². The van der Waals surface area contributed by atoms with Gasteiger partial charge in [-0.1, -0.05) is 18.2 Å². The van der Waals surface area contributed by atoms with Crippen molar-refractivity contribution in [3.63, 3.8) is 0 Å². The fraction of sp³-hybridized carbons (Fsp3) is 0.214. The quantitative estimate of drug-likeness (QED) is 0.683. The smallest absolute Gasteiger partial charge is 0.329 e. The summed E-state index contributed by atoms with van der Waals surface area (Å²) in [6, 6.07) is 7.39. The molecule has 1 aromatic heterocycles. The Labute approximate surface area is 119 Å². The Morgan fingerprint density at radius 1 is 1.10 bits per heavy atom. The van der Waals surface area contributed by atoms with E-state index in [2.05, 4.69) is 5.43 Å². The minimum atomic E-state index is -1.66. The molecule has 0 amide bonds. The summed E-state index contributed by atoms with van der Waals surface area (Å²) in [4.78, 5) is 33.9. The molecule has 0 spiro atoms. The van der Waals surface area contributed by atoms with Crippen molar-refractivity contribution >= 4 is 28.6 Å². The number of fused-ring (bicyclic) bond motifs is 1. The van der Waals surface area contributed by atoms with Gasteiger partial charge in [-0.3, -0.25) is 14.3 Å². The second-order valence-electron chi connectivity index (χ2n) is 4.62. The van der Waals surface area contributed by atoms with Crippen LogP contribution in [-0.4, -0.2) is 38.7 Å². The van der Waals surface area contributed by atoms with Crippen molar-refractivity contribution in [3.05, 3.63) is 36.5 Å². The Balaban J connectivity index is 2.38. The van der Waals surface area contributed by atoms with Crippen LogP contribution in [0.4, 0.5) is 0 Å². The van der Waals surface area contributed by atoms with Crippen LogP contribution in [0.2, 0.25) is 0 Å². The summed E-state index contributed by atoms with van der Waals surface area (Å²) in [6.45, 7) is 1.06. The molecule has 3 N–H and O–H groups in total. The predicted molar refractivity (Wildman–Crippen MR) is 74.5 cm³/mol. The zero-order valence-electron chi connectivity index (χ0n) is 11.2. The molecular formula is C14H14N2O5. The first-order valence-corrected chi connectivity index (χ1v) is 6.20. The van der Waals surface area contributed by atoms with Gasteiger partial charge >= 0.3 is 11.9 Å². The molecule has 21 heavy (non-hydrogen) atoms. The van der Waals surface area contributed by atoms with Crippen LogP contribution in [0.3, 0.4) is 0 Å². The number of rotatable bonds is 6. The van der Waals surface area contributed by atoms with E-state index in [4.69, 9.17) is 5.11 Å². The van der Waals surface area contributed by atoms with E-state index in [1.165, 1.54) is 4.68 Å². The number of hydrogen-bond acceptors (Lipinski definition) is 4. The number of para-hydroxylation sites is 1. The number of benzene rings is 1. The first kappa shape index (κ1) is 14.6. The summed E-state index contributed by atoms with van der Waals surface area (Å²) in [6.07, 6.45) is 1.58. The first-order valence-electron chi connectivity index (χ1n) is 6.20. The van der Waals surface area contributed by atoms with Crippen LogP contribution >= 0.6 is 0 Å². The minimum absolute atomic E-state index is 0.691. The summed E-state index contributed by atoms with van der Waals surface area (Å²) >= 11 is 0. The second kappa shape index (κ2) is 5.66.